The van der Waals surface area contributed by atoms with Gasteiger partial charge in [0.1, 0.15) is 5.82 Å². The minimum Gasteiger partial charge on any atom is -0.383 e. The van der Waals surface area contributed by atoms with E-state index in [2.05, 4.69) is 74.3 Å². The smallest absolute Gasteiger partial charge is 0.171 e. The fraction of sp³-hybridized carbons (Fsp3) is 0.467. The minimum absolute atomic E-state index is 0.151. The van der Waals surface area contributed by atoms with E-state index in [1.165, 1.54) is 4.88 Å². The van der Waals surface area contributed by atoms with Crippen LogP contribution in [0.3, 0.4) is 0 Å². The van der Waals surface area contributed by atoms with Crippen LogP contribution < -0.4 is 5.73 Å². The van der Waals surface area contributed by atoms with Crippen molar-refractivity contribution in [2.45, 2.75) is 46.0 Å². The van der Waals surface area contributed by atoms with Crippen molar-refractivity contribution in [2.75, 3.05) is 5.73 Å². The SMILES string of the molecule is CC(C)c1nc(-c2ccc(C(C)(C)C)s2)nc(N)c1I. The van der Waals surface area contributed by atoms with Crippen LogP contribution in [-0.4, -0.2) is 9.97 Å². The van der Waals surface area contributed by atoms with E-state index in [0.717, 1.165) is 20.0 Å². The van der Waals surface area contributed by atoms with Crippen LogP contribution >= 0.6 is 33.9 Å². The average molecular weight is 401 g/mol. The number of hydrogen-bond donors (Lipinski definition) is 1. The predicted molar refractivity (Wildman–Crippen MR) is 95.3 cm³/mol. The normalized spacial score (nSPS) is 12.2. The highest BCUT2D eigenvalue weighted by atomic mass is 127. The van der Waals surface area contributed by atoms with Gasteiger partial charge >= 0.3 is 0 Å². The van der Waals surface area contributed by atoms with Crippen LogP contribution in [0.5, 0.6) is 0 Å². The first-order chi connectivity index (χ1) is 9.20. The largest absolute Gasteiger partial charge is 0.383 e. The summed E-state index contributed by atoms with van der Waals surface area (Å²) < 4.78 is 0.967. The van der Waals surface area contributed by atoms with Crippen molar-refractivity contribution in [2.24, 2.45) is 0 Å². The first-order valence-corrected chi connectivity index (χ1v) is 8.53. The molecule has 0 aliphatic carbocycles. The molecule has 0 aliphatic rings. The van der Waals surface area contributed by atoms with E-state index in [0.29, 0.717) is 11.7 Å². The molecule has 0 amide bonds. The Morgan fingerprint density at radius 1 is 1.20 bits per heavy atom. The number of aromatic nitrogens is 2. The number of anilines is 1. The second-order valence-corrected chi connectivity index (χ2v) is 8.36. The molecule has 0 spiro atoms. The van der Waals surface area contributed by atoms with Gasteiger partial charge in [-0.25, -0.2) is 9.97 Å². The van der Waals surface area contributed by atoms with Crippen LogP contribution in [-0.2, 0) is 5.41 Å². The Morgan fingerprint density at radius 3 is 2.35 bits per heavy atom. The van der Waals surface area contributed by atoms with E-state index in [-0.39, 0.29) is 5.41 Å². The van der Waals surface area contributed by atoms with Crippen molar-refractivity contribution in [1.82, 2.24) is 9.97 Å². The van der Waals surface area contributed by atoms with Gasteiger partial charge in [0.25, 0.3) is 0 Å². The van der Waals surface area contributed by atoms with E-state index >= 15 is 0 Å². The average Bonchev–Trinajstić information content (AvgIpc) is 2.81. The molecule has 2 heterocycles. The maximum Gasteiger partial charge on any atom is 0.171 e. The third-order valence-corrected chi connectivity index (χ3v) is 5.63. The van der Waals surface area contributed by atoms with Gasteiger partial charge in [-0.05, 0) is 46.1 Å². The highest BCUT2D eigenvalue weighted by Gasteiger charge is 2.19. The maximum atomic E-state index is 6.04. The van der Waals surface area contributed by atoms with Gasteiger partial charge in [-0.15, -0.1) is 11.3 Å². The lowest BCUT2D eigenvalue weighted by molar-refractivity contribution is 0.604. The van der Waals surface area contributed by atoms with E-state index in [1.54, 1.807) is 11.3 Å². The van der Waals surface area contributed by atoms with E-state index in [1.807, 2.05) is 0 Å². The molecule has 5 heteroatoms. The van der Waals surface area contributed by atoms with Crippen molar-refractivity contribution in [3.8, 4) is 10.7 Å². The number of nitrogen functional groups attached to an aromatic ring is 1. The molecular formula is C15H20IN3S. The summed E-state index contributed by atoms with van der Waals surface area (Å²) in [5.74, 6) is 1.66. The highest BCUT2D eigenvalue weighted by Crippen LogP contribution is 2.35. The first-order valence-electron chi connectivity index (χ1n) is 6.63. The molecule has 0 bridgehead atoms. The lowest BCUT2D eigenvalue weighted by Gasteiger charge is -2.15. The minimum atomic E-state index is 0.151. The lowest BCUT2D eigenvalue weighted by Crippen LogP contribution is -2.07. The molecule has 0 radical (unpaired) electrons. The molecule has 2 aromatic rings. The Hall–Kier alpha value is -0.690. The Kier molecular flexibility index (Phi) is 4.39. The van der Waals surface area contributed by atoms with Crippen LogP contribution in [0.1, 0.15) is 51.1 Å². The number of nitrogens with zero attached hydrogens (tertiary/aromatic N) is 2. The molecule has 0 saturated heterocycles. The van der Waals surface area contributed by atoms with Gasteiger partial charge < -0.3 is 5.73 Å². The Bertz CT molecular complexity index is 627. The van der Waals surface area contributed by atoms with Crippen LogP contribution in [0.4, 0.5) is 5.82 Å². The summed E-state index contributed by atoms with van der Waals surface area (Å²) in [7, 11) is 0. The van der Waals surface area contributed by atoms with Gasteiger partial charge in [0.2, 0.25) is 0 Å². The zero-order valence-corrected chi connectivity index (χ0v) is 15.5. The second kappa shape index (κ2) is 5.60. The summed E-state index contributed by atoms with van der Waals surface area (Å²) in [6, 6.07) is 4.25. The van der Waals surface area contributed by atoms with Crippen molar-refractivity contribution in [1.29, 1.82) is 0 Å². The molecule has 2 N–H and O–H groups in total. The van der Waals surface area contributed by atoms with Crippen molar-refractivity contribution < 1.29 is 0 Å². The molecule has 3 nitrogen and oxygen atoms in total. The monoisotopic (exact) mass is 401 g/mol. The molecular weight excluding hydrogens is 381 g/mol. The van der Waals surface area contributed by atoms with Gasteiger partial charge in [0.05, 0.1) is 14.1 Å². The lowest BCUT2D eigenvalue weighted by atomic mass is 9.95. The number of thiophene rings is 1. The Labute approximate surface area is 138 Å². The zero-order chi connectivity index (χ0) is 15.1. The highest BCUT2D eigenvalue weighted by molar-refractivity contribution is 14.1. The summed E-state index contributed by atoms with van der Waals surface area (Å²) in [5, 5.41) is 0. The van der Waals surface area contributed by atoms with Gasteiger partial charge in [-0.3, -0.25) is 0 Å². The van der Waals surface area contributed by atoms with E-state index in [9.17, 15) is 0 Å². The van der Waals surface area contributed by atoms with Gasteiger partial charge in [0, 0.05) is 4.88 Å². The molecule has 0 unspecified atom stereocenters. The summed E-state index contributed by atoms with van der Waals surface area (Å²) in [5.41, 5.74) is 7.21. The zero-order valence-electron chi connectivity index (χ0n) is 12.5. The molecule has 0 atom stereocenters. The molecule has 0 fully saturated rings. The number of nitrogens with two attached hydrogens (primary N) is 1. The number of hydrogen-bond acceptors (Lipinski definition) is 4. The first kappa shape index (κ1) is 15.7. The molecule has 108 valence electrons. The molecule has 2 rings (SSSR count). The van der Waals surface area contributed by atoms with Crippen molar-refractivity contribution in [3.63, 3.8) is 0 Å². The molecule has 0 saturated carbocycles. The molecule has 20 heavy (non-hydrogen) atoms. The standard InChI is InChI=1S/C15H20IN3S/c1-8(2)12-11(16)13(17)19-14(18-12)9-6-7-10(20-9)15(3,4)5/h6-8H,1-5H3,(H2,17,18,19). The molecule has 0 aromatic carbocycles. The van der Waals surface area contributed by atoms with Crippen molar-refractivity contribution >= 4 is 39.7 Å². The summed E-state index contributed by atoms with van der Waals surface area (Å²) in [4.78, 5) is 11.6. The van der Waals surface area contributed by atoms with Crippen LogP contribution in [0.2, 0.25) is 0 Å². The fourth-order valence-corrected chi connectivity index (χ4v) is 3.70. The maximum absolute atomic E-state index is 6.04. The molecule has 2 aromatic heterocycles. The summed E-state index contributed by atoms with van der Waals surface area (Å²) in [6.07, 6.45) is 0. The predicted octanol–water partition coefficient (Wildman–Crippen LogP) is 4.81. The van der Waals surface area contributed by atoms with Crippen LogP contribution in [0.25, 0.3) is 10.7 Å². The fourth-order valence-electron chi connectivity index (χ4n) is 1.84. The third kappa shape index (κ3) is 3.14. The van der Waals surface area contributed by atoms with Gasteiger partial charge in [0.15, 0.2) is 5.82 Å². The molecule has 0 aliphatic heterocycles. The Balaban J connectivity index is 2.51. The van der Waals surface area contributed by atoms with Gasteiger partial charge in [-0.2, -0.15) is 0 Å². The Morgan fingerprint density at radius 2 is 1.85 bits per heavy atom. The van der Waals surface area contributed by atoms with Crippen LogP contribution in [0.15, 0.2) is 12.1 Å². The topological polar surface area (TPSA) is 51.8 Å². The quantitative estimate of drug-likeness (QED) is 0.735. The second-order valence-electron chi connectivity index (χ2n) is 6.20. The van der Waals surface area contributed by atoms with E-state index in [4.69, 9.17) is 10.7 Å². The van der Waals surface area contributed by atoms with Crippen LogP contribution in [0, 0.1) is 3.57 Å². The van der Waals surface area contributed by atoms with Crippen molar-refractivity contribution in [3.05, 3.63) is 26.3 Å². The summed E-state index contributed by atoms with van der Waals surface area (Å²) in [6.45, 7) is 10.9. The number of halogens is 1. The van der Waals surface area contributed by atoms with E-state index < -0.39 is 0 Å². The third-order valence-electron chi connectivity index (χ3n) is 3.01. The number of rotatable bonds is 2. The van der Waals surface area contributed by atoms with Gasteiger partial charge in [-0.1, -0.05) is 34.6 Å². The summed E-state index contributed by atoms with van der Waals surface area (Å²) >= 11 is 3.97.